The van der Waals surface area contributed by atoms with Crippen LogP contribution in [0, 0.1) is 0 Å². The highest BCUT2D eigenvalue weighted by molar-refractivity contribution is 6.35. The van der Waals surface area contributed by atoms with Gasteiger partial charge in [-0.1, -0.05) is 42.5 Å². The summed E-state index contributed by atoms with van der Waals surface area (Å²) in [5.74, 6) is 0.169. The minimum absolute atomic E-state index is 0.0726. The maximum atomic E-state index is 12.7. The Balaban J connectivity index is 1.97. The lowest BCUT2D eigenvalue weighted by molar-refractivity contribution is -0.135. The van der Waals surface area contributed by atoms with Gasteiger partial charge in [0.2, 0.25) is 0 Å². The van der Waals surface area contributed by atoms with E-state index in [0.717, 1.165) is 11.3 Å². The van der Waals surface area contributed by atoms with E-state index < -0.39 is 0 Å². The zero-order valence-electron chi connectivity index (χ0n) is 16.1. The normalized spacial score (nSPS) is 14.3. The van der Waals surface area contributed by atoms with Gasteiger partial charge in [-0.25, -0.2) is 0 Å². The van der Waals surface area contributed by atoms with Gasteiger partial charge in [-0.15, -0.1) is 0 Å². The van der Waals surface area contributed by atoms with E-state index in [2.05, 4.69) is 0 Å². The van der Waals surface area contributed by atoms with Crippen LogP contribution in [0.2, 0.25) is 0 Å². The summed E-state index contributed by atoms with van der Waals surface area (Å²) < 4.78 is 5.67. The first-order valence-corrected chi connectivity index (χ1v) is 8.97. The monoisotopic (exact) mass is 364 g/mol. The Morgan fingerprint density at radius 3 is 2.19 bits per heavy atom. The predicted molar refractivity (Wildman–Crippen MR) is 105 cm³/mol. The number of likely N-dealkylation sites (N-methyl/N-ethyl adjacent to an activating group) is 2. The number of nitrogens with zero attached hydrogens (tertiary/aromatic N) is 2. The first-order valence-electron chi connectivity index (χ1n) is 8.97. The van der Waals surface area contributed by atoms with Crippen LogP contribution in [0.5, 0.6) is 5.75 Å². The summed E-state index contributed by atoms with van der Waals surface area (Å²) in [4.78, 5) is 28.5. The van der Waals surface area contributed by atoms with Gasteiger partial charge in [-0.3, -0.25) is 14.5 Å². The maximum absolute atomic E-state index is 12.7. The maximum Gasteiger partial charge on any atom is 0.277 e. The molecule has 27 heavy (non-hydrogen) atoms. The van der Waals surface area contributed by atoms with Crippen molar-refractivity contribution < 1.29 is 14.3 Å². The number of carbonyl (C=O) groups is 2. The van der Waals surface area contributed by atoms with E-state index in [9.17, 15) is 9.59 Å². The quantitative estimate of drug-likeness (QED) is 0.738. The molecule has 0 radical (unpaired) electrons. The van der Waals surface area contributed by atoms with E-state index in [1.807, 2.05) is 80.4 Å². The molecule has 2 amide bonds. The predicted octanol–water partition coefficient (Wildman–Crippen LogP) is 3.32. The lowest BCUT2D eigenvalue weighted by Gasteiger charge is -2.21. The first kappa shape index (κ1) is 18.7. The van der Waals surface area contributed by atoms with Crippen molar-refractivity contribution >= 4 is 17.4 Å². The summed E-state index contributed by atoms with van der Waals surface area (Å²) in [6, 6.07) is 17.2. The van der Waals surface area contributed by atoms with Crippen LogP contribution in [-0.4, -0.2) is 41.8 Å². The summed E-state index contributed by atoms with van der Waals surface area (Å²) in [5.41, 5.74) is 2.63. The van der Waals surface area contributed by atoms with Gasteiger partial charge >= 0.3 is 0 Å². The van der Waals surface area contributed by atoms with Crippen molar-refractivity contribution in [3.8, 4) is 5.75 Å². The molecule has 0 spiro atoms. The molecule has 0 aliphatic carbocycles. The van der Waals surface area contributed by atoms with Gasteiger partial charge in [0.15, 0.2) is 0 Å². The van der Waals surface area contributed by atoms with Crippen LogP contribution >= 0.6 is 0 Å². The third-order valence-electron chi connectivity index (χ3n) is 4.42. The fourth-order valence-corrected chi connectivity index (χ4v) is 3.15. The summed E-state index contributed by atoms with van der Waals surface area (Å²) in [7, 11) is 3.35. The van der Waals surface area contributed by atoms with Crippen LogP contribution < -0.4 is 4.74 Å². The molecule has 140 valence electrons. The highest BCUT2D eigenvalue weighted by Crippen LogP contribution is 2.31. The lowest BCUT2D eigenvalue weighted by Crippen LogP contribution is -2.30. The Labute approximate surface area is 159 Å². The standard InChI is InChI=1S/C22H24N2O3/c1-15(2)27-18-12-10-17(11-13-18)19-20(22(26)24(4)21(19)25)23(3)14-16-8-6-5-7-9-16/h5-13,15H,14H2,1-4H3. The summed E-state index contributed by atoms with van der Waals surface area (Å²) in [5, 5.41) is 0. The molecule has 1 aliphatic heterocycles. The Morgan fingerprint density at radius 2 is 1.59 bits per heavy atom. The number of rotatable bonds is 6. The Bertz CT molecular complexity index is 870. The van der Waals surface area contributed by atoms with Gasteiger partial charge < -0.3 is 9.64 Å². The van der Waals surface area contributed by atoms with Crippen molar-refractivity contribution in [3.05, 3.63) is 71.4 Å². The molecule has 0 saturated heterocycles. The number of amides is 2. The number of hydrogen-bond donors (Lipinski definition) is 0. The second-order valence-corrected chi connectivity index (χ2v) is 6.93. The topological polar surface area (TPSA) is 49.9 Å². The molecule has 0 N–H and O–H groups in total. The molecule has 2 aromatic carbocycles. The molecule has 2 aromatic rings. The molecule has 1 heterocycles. The van der Waals surface area contributed by atoms with E-state index in [4.69, 9.17) is 4.74 Å². The smallest absolute Gasteiger partial charge is 0.277 e. The third kappa shape index (κ3) is 3.87. The molecule has 0 aromatic heterocycles. The molecule has 5 nitrogen and oxygen atoms in total. The van der Waals surface area contributed by atoms with E-state index in [1.165, 1.54) is 11.9 Å². The van der Waals surface area contributed by atoms with Crippen LogP contribution in [0.25, 0.3) is 5.57 Å². The van der Waals surface area contributed by atoms with Gasteiger partial charge in [0.1, 0.15) is 11.4 Å². The molecule has 3 rings (SSSR count). The van der Waals surface area contributed by atoms with Crippen molar-refractivity contribution in [2.45, 2.75) is 26.5 Å². The molecule has 0 fully saturated rings. The summed E-state index contributed by atoms with van der Waals surface area (Å²) >= 11 is 0. The minimum Gasteiger partial charge on any atom is -0.491 e. The van der Waals surface area contributed by atoms with Gasteiger partial charge in [0.05, 0.1) is 11.7 Å². The number of hydrogen-bond acceptors (Lipinski definition) is 4. The molecule has 0 bridgehead atoms. The summed E-state index contributed by atoms with van der Waals surface area (Å²) in [6.45, 7) is 4.46. The Hall–Kier alpha value is -3.08. The van der Waals surface area contributed by atoms with Crippen LogP contribution in [0.4, 0.5) is 0 Å². The molecular formula is C22H24N2O3. The van der Waals surface area contributed by atoms with Gasteiger partial charge in [-0.05, 0) is 37.1 Å². The molecule has 5 heteroatoms. The largest absolute Gasteiger partial charge is 0.491 e. The van der Waals surface area contributed by atoms with Crippen molar-refractivity contribution in [3.63, 3.8) is 0 Å². The Morgan fingerprint density at radius 1 is 0.963 bits per heavy atom. The van der Waals surface area contributed by atoms with Crippen molar-refractivity contribution in [1.82, 2.24) is 9.80 Å². The molecule has 0 atom stereocenters. The minimum atomic E-state index is -0.285. The highest BCUT2D eigenvalue weighted by Gasteiger charge is 2.38. The van der Waals surface area contributed by atoms with Gasteiger partial charge in [-0.2, -0.15) is 0 Å². The fraction of sp³-hybridized carbons (Fsp3) is 0.273. The first-order chi connectivity index (χ1) is 12.9. The van der Waals surface area contributed by atoms with Crippen molar-refractivity contribution in [2.75, 3.05) is 14.1 Å². The lowest BCUT2D eigenvalue weighted by atomic mass is 10.0. The second-order valence-electron chi connectivity index (χ2n) is 6.93. The van der Waals surface area contributed by atoms with E-state index >= 15 is 0 Å². The highest BCUT2D eigenvalue weighted by atomic mass is 16.5. The van der Waals surface area contributed by atoms with Crippen LogP contribution in [0.3, 0.4) is 0 Å². The number of ether oxygens (including phenoxy) is 1. The van der Waals surface area contributed by atoms with Gasteiger partial charge in [0, 0.05) is 20.6 Å². The van der Waals surface area contributed by atoms with E-state index in [1.54, 1.807) is 0 Å². The Kier molecular flexibility index (Phi) is 5.31. The van der Waals surface area contributed by atoms with Crippen LogP contribution in [0.1, 0.15) is 25.0 Å². The molecule has 0 unspecified atom stereocenters. The van der Waals surface area contributed by atoms with Gasteiger partial charge in [0.25, 0.3) is 11.8 Å². The molecule has 0 saturated carbocycles. The van der Waals surface area contributed by atoms with Crippen LogP contribution in [0.15, 0.2) is 60.3 Å². The fourth-order valence-electron chi connectivity index (χ4n) is 3.15. The zero-order valence-corrected chi connectivity index (χ0v) is 16.1. The van der Waals surface area contributed by atoms with Crippen molar-refractivity contribution in [1.29, 1.82) is 0 Å². The summed E-state index contributed by atoms with van der Waals surface area (Å²) in [6.07, 6.45) is 0.0726. The molecular weight excluding hydrogens is 340 g/mol. The third-order valence-corrected chi connectivity index (χ3v) is 4.42. The number of benzene rings is 2. The number of carbonyl (C=O) groups excluding carboxylic acids is 2. The SMILES string of the molecule is CC(C)Oc1ccc(C2=C(N(C)Cc3ccccc3)C(=O)N(C)C2=O)cc1. The van der Waals surface area contributed by atoms with Crippen LogP contribution in [-0.2, 0) is 16.1 Å². The average molecular weight is 364 g/mol. The zero-order chi connectivity index (χ0) is 19.6. The average Bonchev–Trinajstić information content (AvgIpc) is 2.87. The molecule has 1 aliphatic rings. The number of imide groups is 1. The second kappa shape index (κ2) is 7.66. The van der Waals surface area contributed by atoms with Crippen molar-refractivity contribution in [2.24, 2.45) is 0 Å². The van der Waals surface area contributed by atoms with E-state index in [-0.39, 0.29) is 17.9 Å². The van der Waals surface area contributed by atoms with E-state index in [0.29, 0.717) is 23.4 Å².